The molecule has 1 aliphatic rings. The summed E-state index contributed by atoms with van der Waals surface area (Å²) in [6.45, 7) is 1.91. The summed E-state index contributed by atoms with van der Waals surface area (Å²) in [6, 6.07) is 4.93. The molecule has 1 N–H and O–H groups in total. The maximum atomic E-state index is 12.5. The van der Waals surface area contributed by atoms with Crippen molar-refractivity contribution in [2.45, 2.75) is 24.9 Å². The third-order valence-corrected chi connectivity index (χ3v) is 3.73. The normalized spacial score (nSPS) is 17.1. The molecule has 0 spiro atoms. The number of rotatable bonds is 2. The van der Waals surface area contributed by atoms with Crippen LogP contribution in [0.3, 0.4) is 0 Å². The molecule has 21 heavy (non-hydrogen) atoms. The fraction of sp³-hybridized carbons (Fsp3) is 0.429. The van der Waals surface area contributed by atoms with Crippen molar-refractivity contribution in [3.63, 3.8) is 0 Å². The van der Waals surface area contributed by atoms with Gasteiger partial charge < -0.3 is 5.32 Å². The van der Waals surface area contributed by atoms with Crippen molar-refractivity contribution in [1.29, 1.82) is 0 Å². The summed E-state index contributed by atoms with van der Waals surface area (Å²) in [7, 11) is 0. The maximum Gasteiger partial charge on any atom is 0.416 e. The van der Waals surface area contributed by atoms with Crippen molar-refractivity contribution in [2.75, 3.05) is 13.1 Å². The maximum absolute atomic E-state index is 12.5. The number of nitrogens with zero attached hydrogens (tertiary/aromatic N) is 3. The molecular formula is C14H15F3N4. The van der Waals surface area contributed by atoms with Crippen LogP contribution in [-0.2, 0) is 6.18 Å². The molecule has 1 saturated heterocycles. The zero-order valence-corrected chi connectivity index (χ0v) is 11.3. The van der Waals surface area contributed by atoms with E-state index < -0.39 is 11.7 Å². The Morgan fingerprint density at radius 2 is 1.76 bits per heavy atom. The zero-order chi connectivity index (χ0) is 14.9. The molecule has 1 aliphatic heterocycles. The Labute approximate surface area is 120 Å². The van der Waals surface area contributed by atoms with Crippen LogP contribution < -0.4 is 5.32 Å². The molecule has 1 fully saturated rings. The first-order valence-electron chi connectivity index (χ1n) is 6.84. The third-order valence-electron chi connectivity index (χ3n) is 3.73. The summed E-state index contributed by atoms with van der Waals surface area (Å²) in [6.07, 6.45) is -0.503. The minimum Gasteiger partial charge on any atom is -0.317 e. The molecule has 0 amide bonds. The number of hydrogen-bond donors (Lipinski definition) is 1. The van der Waals surface area contributed by atoms with Gasteiger partial charge in [-0.3, -0.25) is 0 Å². The van der Waals surface area contributed by atoms with Crippen LogP contribution in [0.15, 0.2) is 30.5 Å². The molecule has 0 radical (unpaired) electrons. The number of halogens is 3. The van der Waals surface area contributed by atoms with Gasteiger partial charge in [-0.05, 0) is 50.2 Å². The van der Waals surface area contributed by atoms with Crippen LogP contribution in [0.25, 0.3) is 5.69 Å². The van der Waals surface area contributed by atoms with Crippen LogP contribution in [0.2, 0.25) is 0 Å². The SMILES string of the molecule is FC(F)(F)c1ccc(-n2cc(C3CCNCC3)nn2)cc1. The summed E-state index contributed by atoms with van der Waals surface area (Å²) in [4.78, 5) is 0. The molecule has 0 atom stereocenters. The highest BCUT2D eigenvalue weighted by atomic mass is 19.4. The van der Waals surface area contributed by atoms with E-state index in [0.29, 0.717) is 11.6 Å². The predicted octanol–water partition coefficient (Wildman–Crippen LogP) is 2.75. The Morgan fingerprint density at radius 1 is 1.10 bits per heavy atom. The van der Waals surface area contributed by atoms with Gasteiger partial charge in [0, 0.05) is 5.92 Å². The smallest absolute Gasteiger partial charge is 0.317 e. The number of aromatic nitrogens is 3. The van der Waals surface area contributed by atoms with Gasteiger partial charge in [0.15, 0.2) is 0 Å². The van der Waals surface area contributed by atoms with Gasteiger partial charge in [0.25, 0.3) is 0 Å². The second-order valence-corrected chi connectivity index (χ2v) is 5.16. The molecular weight excluding hydrogens is 281 g/mol. The average Bonchev–Trinajstić information content (AvgIpc) is 2.97. The fourth-order valence-corrected chi connectivity index (χ4v) is 2.51. The van der Waals surface area contributed by atoms with E-state index in [0.717, 1.165) is 43.8 Å². The minimum atomic E-state index is -4.32. The lowest BCUT2D eigenvalue weighted by molar-refractivity contribution is -0.137. The van der Waals surface area contributed by atoms with Crippen molar-refractivity contribution in [3.05, 3.63) is 41.7 Å². The largest absolute Gasteiger partial charge is 0.416 e. The number of piperidine rings is 1. The molecule has 0 aliphatic carbocycles. The lowest BCUT2D eigenvalue weighted by atomic mass is 9.95. The summed E-state index contributed by atoms with van der Waals surface area (Å²) >= 11 is 0. The van der Waals surface area contributed by atoms with Gasteiger partial charge in [0.05, 0.1) is 23.1 Å². The quantitative estimate of drug-likeness (QED) is 0.926. The molecule has 0 bridgehead atoms. The summed E-state index contributed by atoms with van der Waals surface area (Å²) in [5.74, 6) is 0.370. The van der Waals surface area contributed by atoms with Gasteiger partial charge in [-0.1, -0.05) is 5.21 Å². The van der Waals surface area contributed by atoms with Gasteiger partial charge in [-0.15, -0.1) is 5.10 Å². The minimum absolute atomic E-state index is 0.370. The van der Waals surface area contributed by atoms with Gasteiger partial charge in [-0.2, -0.15) is 13.2 Å². The van der Waals surface area contributed by atoms with Crippen molar-refractivity contribution in [1.82, 2.24) is 20.3 Å². The molecule has 3 rings (SSSR count). The molecule has 1 aromatic heterocycles. The Hall–Kier alpha value is -1.89. The van der Waals surface area contributed by atoms with E-state index in [-0.39, 0.29) is 0 Å². The van der Waals surface area contributed by atoms with Crippen LogP contribution in [0.1, 0.15) is 30.0 Å². The summed E-state index contributed by atoms with van der Waals surface area (Å²) in [5.41, 5.74) is 0.817. The molecule has 0 saturated carbocycles. The Morgan fingerprint density at radius 3 is 2.38 bits per heavy atom. The first-order valence-corrected chi connectivity index (χ1v) is 6.84. The van der Waals surface area contributed by atoms with Crippen LogP contribution in [0.5, 0.6) is 0 Å². The van der Waals surface area contributed by atoms with Crippen molar-refractivity contribution < 1.29 is 13.2 Å². The Balaban J connectivity index is 1.79. The number of alkyl halides is 3. The van der Waals surface area contributed by atoms with Crippen LogP contribution in [0.4, 0.5) is 13.2 Å². The highest BCUT2D eigenvalue weighted by molar-refractivity contribution is 5.35. The average molecular weight is 296 g/mol. The Kier molecular flexibility index (Phi) is 3.67. The highest BCUT2D eigenvalue weighted by Crippen LogP contribution is 2.29. The highest BCUT2D eigenvalue weighted by Gasteiger charge is 2.30. The van der Waals surface area contributed by atoms with Gasteiger partial charge >= 0.3 is 6.18 Å². The second-order valence-electron chi connectivity index (χ2n) is 5.16. The summed E-state index contributed by atoms with van der Waals surface area (Å²) < 4.78 is 39.1. The number of hydrogen-bond acceptors (Lipinski definition) is 3. The van der Waals surface area contributed by atoms with Gasteiger partial charge in [0.1, 0.15) is 0 Å². The lowest BCUT2D eigenvalue weighted by Gasteiger charge is -2.19. The van der Waals surface area contributed by atoms with Crippen molar-refractivity contribution >= 4 is 0 Å². The van der Waals surface area contributed by atoms with E-state index in [9.17, 15) is 13.2 Å². The Bertz CT molecular complexity index is 597. The van der Waals surface area contributed by atoms with E-state index in [2.05, 4.69) is 15.6 Å². The topological polar surface area (TPSA) is 42.7 Å². The second kappa shape index (κ2) is 5.48. The molecule has 0 unspecified atom stereocenters. The third kappa shape index (κ3) is 3.07. The molecule has 4 nitrogen and oxygen atoms in total. The number of benzene rings is 1. The van der Waals surface area contributed by atoms with Crippen molar-refractivity contribution in [3.8, 4) is 5.69 Å². The van der Waals surface area contributed by atoms with E-state index >= 15 is 0 Å². The fourth-order valence-electron chi connectivity index (χ4n) is 2.51. The standard InChI is InChI=1S/C14H15F3N4/c15-14(16,17)11-1-3-12(4-2-11)21-9-13(19-20-21)10-5-7-18-8-6-10/h1-4,9-10,18H,5-8H2. The monoisotopic (exact) mass is 296 g/mol. The summed E-state index contributed by atoms with van der Waals surface area (Å²) in [5, 5.41) is 11.5. The van der Waals surface area contributed by atoms with Crippen LogP contribution in [-0.4, -0.2) is 28.1 Å². The molecule has 112 valence electrons. The predicted molar refractivity (Wildman–Crippen MR) is 71.2 cm³/mol. The molecule has 1 aromatic carbocycles. The van der Waals surface area contributed by atoms with E-state index in [1.54, 1.807) is 6.20 Å². The molecule has 2 aromatic rings. The van der Waals surface area contributed by atoms with E-state index in [1.807, 2.05) is 0 Å². The first kappa shape index (κ1) is 14.1. The van der Waals surface area contributed by atoms with E-state index in [4.69, 9.17) is 0 Å². The molecule has 2 heterocycles. The van der Waals surface area contributed by atoms with Crippen LogP contribution in [0, 0.1) is 0 Å². The lowest BCUT2D eigenvalue weighted by Crippen LogP contribution is -2.26. The number of nitrogens with one attached hydrogen (secondary N) is 1. The van der Waals surface area contributed by atoms with Crippen molar-refractivity contribution in [2.24, 2.45) is 0 Å². The van der Waals surface area contributed by atoms with Gasteiger partial charge in [-0.25, -0.2) is 4.68 Å². The molecule has 7 heteroatoms. The van der Waals surface area contributed by atoms with Crippen LogP contribution >= 0.6 is 0 Å². The van der Waals surface area contributed by atoms with E-state index in [1.165, 1.54) is 16.8 Å². The zero-order valence-electron chi connectivity index (χ0n) is 11.3. The van der Waals surface area contributed by atoms with Gasteiger partial charge in [0.2, 0.25) is 0 Å². The first-order chi connectivity index (χ1) is 10.0.